The van der Waals surface area contributed by atoms with Crippen molar-refractivity contribution in [2.24, 2.45) is 4.99 Å². The summed E-state index contributed by atoms with van der Waals surface area (Å²) in [6.07, 6.45) is 3.27. The second-order valence-electron chi connectivity index (χ2n) is 5.11. The lowest BCUT2D eigenvalue weighted by atomic mass is 10.2. The molecule has 0 heterocycles. The SMILES string of the molecule is CCCCOCCCNC(=NCc1ccc(O)cc1)NCC.I. The molecule has 0 aliphatic rings. The molecule has 0 bridgehead atoms. The average Bonchev–Trinajstić information content (AvgIpc) is 2.53. The van der Waals surface area contributed by atoms with E-state index in [-0.39, 0.29) is 29.7 Å². The number of phenolic OH excluding ortho intramolecular Hbond substituents is 1. The van der Waals surface area contributed by atoms with Crippen LogP contribution < -0.4 is 10.6 Å². The minimum atomic E-state index is 0. The van der Waals surface area contributed by atoms with Crippen LogP contribution in [0, 0.1) is 0 Å². The van der Waals surface area contributed by atoms with E-state index in [2.05, 4.69) is 22.5 Å². The van der Waals surface area contributed by atoms with E-state index < -0.39 is 0 Å². The van der Waals surface area contributed by atoms with Crippen LogP contribution in [0.2, 0.25) is 0 Å². The number of halogens is 1. The first kappa shape index (κ1) is 22.0. The van der Waals surface area contributed by atoms with Gasteiger partial charge in [0.2, 0.25) is 0 Å². The van der Waals surface area contributed by atoms with Crippen LogP contribution in [0.4, 0.5) is 0 Å². The van der Waals surface area contributed by atoms with Gasteiger partial charge >= 0.3 is 0 Å². The monoisotopic (exact) mass is 435 g/mol. The molecule has 0 aliphatic heterocycles. The van der Waals surface area contributed by atoms with Crippen molar-refractivity contribution in [3.63, 3.8) is 0 Å². The number of hydrogen-bond acceptors (Lipinski definition) is 3. The summed E-state index contributed by atoms with van der Waals surface area (Å²) in [5.74, 6) is 1.09. The quantitative estimate of drug-likeness (QED) is 0.229. The molecule has 0 aliphatic carbocycles. The molecule has 0 unspecified atom stereocenters. The third kappa shape index (κ3) is 11.2. The van der Waals surface area contributed by atoms with Crippen molar-refractivity contribution in [2.45, 2.75) is 39.7 Å². The van der Waals surface area contributed by atoms with Crippen LogP contribution in [-0.2, 0) is 11.3 Å². The largest absolute Gasteiger partial charge is 0.508 e. The van der Waals surface area contributed by atoms with Crippen molar-refractivity contribution >= 4 is 29.9 Å². The van der Waals surface area contributed by atoms with Gasteiger partial charge in [0.05, 0.1) is 6.54 Å². The van der Waals surface area contributed by atoms with Gasteiger partial charge in [-0.15, -0.1) is 24.0 Å². The zero-order valence-electron chi connectivity index (χ0n) is 14.2. The maximum absolute atomic E-state index is 9.27. The Morgan fingerprint density at radius 1 is 1.09 bits per heavy atom. The maximum atomic E-state index is 9.27. The smallest absolute Gasteiger partial charge is 0.191 e. The fourth-order valence-electron chi connectivity index (χ4n) is 1.84. The van der Waals surface area contributed by atoms with E-state index in [9.17, 15) is 5.11 Å². The molecule has 3 N–H and O–H groups in total. The number of rotatable bonds is 10. The van der Waals surface area contributed by atoms with E-state index in [0.717, 1.165) is 50.7 Å². The summed E-state index contributed by atoms with van der Waals surface area (Å²) < 4.78 is 5.53. The van der Waals surface area contributed by atoms with Crippen LogP contribution in [0.15, 0.2) is 29.3 Å². The molecule has 5 nitrogen and oxygen atoms in total. The van der Waals surface area contributed by atoms with Crippen molar-refractivity contribution < 1.29 is 9.84 Å². The Labute approximate surface area is 156 Å². The zero-order chi connectivity index (χ0) is 16.0. The summed E-state index contributed by atoms with van der Waals surface area (Å²) in [7, 11) is 0. The Morgan fingerprint density at radius 3 is 2.43 bits per heavy atom. The first-order valence-corrected chi connectivity index (χ1v) is 8.14. The van der Waals surface area contributed by atoms with Crippen molar-refractivity contribution in [2.75, 3.05) is 26.3 Å². The Balaban J connectivity index is 0.00000484. The van der Waals surface area contributed by atoms with Crippen LogP contribution in [0.3, 0.4) is 0 Å². The molecule has 0 spiro atoms. The van der Waals surface area contributed by atoms with Crippen molar-refractivity contribution in [1.82, 2.24) is 10.6 Å². The maximum Gasteiger partial charge on any atom is 0.191 e. The van der Waals surface area contributed by atoms with Crippen molar-refractivity contribution in [3.8, 4) is 5.75 Å². The fourth-order valence-corrected chi connectivity index (χ4v) is 1.84. The predicted octanol–water partition coefficient (Wildman–Crippen LogP) is 3.27. The first-order valence-electron chi connectivity index (χ1n) is 8.14. The lowest BCUT2D eigenvalue weighted by Gasteiger charge is -2.11. The lowest BCUT2D eigenvalue weighted by molar-refractivity contribution is 0.129. The van der Waals surface area contributed by atoms with Crippen LogP contribution in [0.25, 0.3) is 0 Å². The van der Waals surface area contributed by atoms with Gasteiger partial charge in [0, 0.05) is 26.3 Å². The minimum Gasteiger partial charge on any atom is -0.508 e. The molecule has 1 aromatic rings. The summed E-state index contributed by atoms with van der Waals surface area (Å²) >= 11 is 0. The Hall–Kier alpha value is -1.02. The Kier molecular flexibility index (Phi) is 13.9. The molecule has 0 saturated heterocycles. The molecule has 0 atom stereocenters. The van der Waals surface area contributed by atoms with Crippen LogP contribution in [0.1, 0.15) is 38.7 Å². The highest BCUT2D eigenvalue weighted by Gasteiger charge is 1.98. The number of unbranched alkanes of at least 4 members (excludes halogenated alkanes) is 1. The van der Waals surface area contributed by atoms with Gasteiger partial charge < -0.3 is 20.5 Å². The highest BCUT2D eigenvalue weighted by molar-refractivity contribution is 14.0. The molecule has 0 aromatic heterocycles. The highest BCUT2D eigenvalue weighted by atomic mass is 127. The van der Waals surface area contributed by atoms with Gasteiger partial charge in [-0.05, 0) is 37.5 Å². The van der Waals surface area contributed by atoms with E-state index in [0.29, 0.717) is 6.54 Å². The molecule has 132 valence electrons. The summed E-state index contributed by atoms with van der Waals surface area (Å²) in [6.45, 7) is 8.10. The Bertz CT molecular complexity index is 424. The lowest BCUT2D eigenvalue weighted by Crippen LogP contribution is -2.38. The summed E-state index contributed by atoms with van der Waals surface area (Å²) in [5, 5.41) is 15.8. The molecule has 0 fully saturated rings. The molecule has 1 aromatic carbocycles. The number of aliphatic imine (C=N–C) groups is 1. The average molecular weight is 435 g/mol. The van der Waals surface area contributed by atoms with E-state index in [1.807, 2.05) is 19.1 Å². The fraction of sp³-hybridized carbons (Fsp3) is 0.588. The van der Waals surface area contributed by atoms with Gasteiger partial charge in [0.25, 0.3) is 0 Å². The van der Waals surface area contributed by atoms with Gasteiger partial charge in [-0.25, -0.2) is 4.99 Å². The molecule has 23 heavy (non-hydrogen) atoms. The van der Waals surface area contributed by atoms with E-state index in [1.54, 1.807) is 12.1 Å². The van der Waals surface area contributed by atoms with Gasteiger partial charge in [-0.1, -0.05) is 25.5 Å². The van der Waals surface area contributed by atoms with Gasteiger partial charge in [0.15, 0.2) is 5.96 Å². The Morgan fingerprint density at radius 2 is 1.78 bits per heavy atom. The summed E-state index contributed by atoms with van der Waals surface area (Å²) in [4.78, 5) is 4.53. The molecule has 0 saturated carbocycles. The standard InChI is InChI=1S/C17H29N3O2.HI/c1-3-5-12-22-13-6-11-19-17(18-4-2)20-14-15-7-9-16(21)10-8-15;/h7-10,21H,3-6,11-14H2,1-2H3,(H2,18,19,20);1H. The first-order chi connectivity index (χ1) is 10.8. The van der Waals surface area contributed by atoms with Gasteiger partial charge in [0.1, 0.15) is 5.75 Å². The minimum absolute atomic E-state index is 0. The number of benzene rings is 1. The molecule has 0 amide bonds. The highest BCUT2D eigenvalue weighted by Crippen LogP contribution is 2.10. The second kappa shape index (κ2) is 14.6. The van der Waals surface area contributed by atoms with Gasteiger partial charge in [-0.3, -0.25) is 0 Å². The second-order valence-corrected chi connectivity index (χ2v) is 5.11. The number of hydrogen-bond donors (Lipinski definition) is 3. The van der Waals surface area contributed by atoms with E-state index in [1.165, 1.54) is 6.42 Å². The number of nitrogens with one attached hydrogen (secondary N) is 2. The molecular weight excluding hydrogens is 405 g/mol. The molecule has 1 rings (SSSR count). The topological polar surface area (TPSA) is 65.9 Å². The number of ether oxygens (including phenoxy) is 1. The summed E-state index contributed by atoms with van der Waals surface area (Å²) in [5.41, 5.74) is 1.07. The van der Waals surface area contributed by atoms with E-state index >= 15 is 0 Å². The summed E-state index contributed by atoms with van der Waals surface area (Å²) in [6, 6.07) is 7.12. The zero-order valence-corrected chi connectivity index (χ0v) is 16.5. The predicted molar refractivity (Wildman–Crippen MR) is 107 cm³/mol. The number of aromatic hydroxyl groups is 1. The third-order valence-electron chi connectivity index (χ3n) is 3.10. The van der Waals surface area contributed by atoms with Gasteiger partial charge in [-0.2, -0.15) is 0 Å². The number of phenols is 1. The number of guanidine groups is 1. The van der Waals surface area contributed by atoms with Crippen LogP contribution in [-0.4, -0.2) is 37.4 Å². The van der Waals surface area contributed by atoms with Crippen LogP contribution in [0.5, 0.6) is 5.75 Å². The van der Waals surface area contributed by atoms with Crippen molar-refractivity contribution in [3.05, 3.63) is 29.8 Å². The number of nitrogens with zero attached hydrogens (tertiary/aromatic N) is 1. The molecule has 0 radical (unpaired) electrons. The third-order valence-corrected chi connectivity index (χ3v) is 3.10. The molecule has 6 heteroatoms. The van der Waals surface area contributed by atoms with E-state index in [4.69, 9.17) is 4.74 Å². The van der Waals surface area contributed by atoms with Crippen molar-refractivity contribution in [1.29, 1.82) is 0 Å². The normalized spacial score (nSPS) is 11.0. The molecular formula is C17H30IN3O2. The van der Waals surface area contributed by atoms with Crippen LogP contribution >= 0.6 is 24.0 Å².